The maximum absolute atomic E-state index is 13.6. The van der Waals surface area contributed by atoms with Crippen molar-refractivity contribution >= 4 is 29.0 Å². The number of aryl methyl sites for hydroxylation is 1. The second kappa shape index (κ2) is 8.46. The second-order valence-electron chi connectivity index (χ2n) is 8.03. The van der Waals surface area contributed by atoms with Gasteiger partial charge in [-0.2, -0.15) is 0 Å². The summed E-state index contributed by atoms with van der Waals surface area (Å²) < 4.78 is 13.6. The Morgan fingerprint density at radius 1 is 0.788 bits per heavy atom. The molecule has 0 atom stereocenters. The van der Waals surface area contributed by atoms with Gasteiger partial charge in [-0.3, -0.25) is 9.59 Å². The minimum absolute atomic E-state index is 0.296. The topological polar surface area (TPSA) is 69.6 Å². The number of halogens is 1. The normalized spacial score (nSPS) is 16.7. The van der Waals surface area contributed by atoms with E-state index in [0.29, 0.717) is 54.6 Å². The van der Waals surface area contributed by atoms with Gasteiger partial charge >= 0.3 is 0 Å². The van der Waals surface area contributed by atoms with E-state index in [1.807, 2.05) is 28.9 Å². The van der Waals surface area contributed by atoms with E-state index < -0.39 is 11.7 Å². The number of hydrogen-bond acceptors (Lipinski definition) is 6. The zero-order valence-electron chi connectivity index (χ0n) is 18.1. The van der Waals surface area contributed by atoms with E-state index >= 15 is 0 Å². The molecule has 0 spiro atoms. The molecule has 5 rings (SSSR count). The standard InChI is InChI=1S/C25H22FN5O2/c1-17-3-9-20(10-4-17)31-23(32)21(18-5-7-19(26)8-6-18)22(24(31)33)29-13-15-30(16-14-29)25-27-11-2-12-28-25/h2-12H,13-16H2,1H3. The summed E-state index contributed by atoms with van der Waals surface area (Å²) in [5.41, 5.74) is 2.71. The monoisotopic (exact) mass is 443 g/mol. The highest BCUT2D eigenvalue weighted by atomic mass is 19.1. The lowest BCUT2D eigenvalue weighted by atomic mass is 10.0. The Balaban J connectivity index is 1.50. The van der Waals surface area contributed by atoms with Crippen LogP contribution in [0.2, 0.25) is 0 Å². The van der Waals surface area contributed by atoms with Crippen LogP contribution in [0, 0.1) is 12.7 Å². The van der Waals surface area contributed by atoms with Gasteiger partial charge in [0.1, 0.15) is 11.5 Å². The van der Waals surface area contributed by atoms with Gasteiger partial charge in [0, 0.05) is 38.6 Å². The molecule has 2 amide bonds. The number of imide groups is 1. The van der Waals surface area contributed by atoms with Crippen molar-refractivity contribution < 1.29 is 14.0 Å². The van der Waals surface area contributed by atoms with Crippen molar-refractivity contribution in [1.82, 2.24) is 14.9 Å². The number of carbonyl (C=O) groups is 2. The smallest absolute Gasteiger partial charge is 0.282 e. The maximum atomic E-state index is 13.6. The first-order valence-corrected chi connectivity index (χ1v) is 10.8. The van der Waals surface area contributed by atoms with Gasteiger partial charge in [0.05, 0.1) is 11.3 Å². The van der Waals surface area contributed by atoms with Crippen LogP contribution in [-0.2, 0) is 9.59 Å². The van der Waals surface area contributed by atoms with Crippen molar-refractivity contribution in [3.63, 3.8) is 0 Å². The first-order valence-electron chi connectivity index (χ1n) is 10.8. The van der Waals surface area contributed by atoms with Crippen LogP contribution in [-0.4, -0.2) is 52.9 Å². The average molecular weight is 443 g/mol. The van der Waals surface area contributed by atoms with Gasteiger partial charge in [-0.25, -0.2) is 19.3 Å². The Bertz CT molecular complexity index is 1220. The number of anilines is 2. The summed E-state index contributed by atoms with van der Waals surface area (Å²) in [6, 6.07) is 14.7. The largest absolute Gasteiger partial charge is 0.363 e. The molecular weight excluding hydrogens is 421 g/mol. The third-order valence-electron chi connectivity index (χ3n) is 5.92. The molecule has 166 valence electrons. The third kappa shape index (κ3) is 3.84. The van der Waals surface area contributed by atoms with E-state index in [2.05, 4.69) is 9.97 Å². The number of aromatic nitrogens is 2. The van der Waals surface area contributed by atoms with Crippen LogP contribution >= 0.6 is 0 Å². The molecule has 0 N–H and O–H groups in total. The van der Waals surface area contributed by atoms with Crippen molar-refractivity contribution in [1.29, 1.82) is 0 Å². The summed E-state index contributed by atoms with van der Waals surface area (Å²) in [7, 11) is 0. The van der Waals surface area contributed by atoms with Crippen LogP contribution in [0.15, 0.2) is 72.7 Å². The third-order valence-corrected chi connectivity index (χ3v) is 5.92. The summed E-state index contributed by atoms with van der Waals surface area (Å²) >= 11 is 0. The SMILES string of the molecule is Cc1ccc(N2C(=O)C(c3ccc(F)cc3)=C(N3CCN(c4ncccn4)CC3)C2=O)cc1. The fourth-order valence-electron chi connectivity index (χ4n) is 4.20. The number of carbonyl (C=O) groups excluding carboxylic acids is 2. The molecule has 1 aromatic heterocycles. The van der Waals surface area contributed by atoms with Crippen molar-refractivity contribution in [2.75, 3.05) is 36.0 Å². The number of nitrogens with zero attached hydrogens (tertiary/aromatic N) is 5. The van der Waals surface area contributed by atoms with E-state index in [1.165, 1.54) is 17.0 Å². The van der Waals surface area contributed by atoms with Crippen molar-refractivity contribution in [2.45, 2.75) is 6.92 Å². The molecule has 8 heteroatoms. The van der Waals surface area contributed by atoms with Crippen LogP contribution in [0.1, 0.15) is 11.1 Å². The molecule has 0 aliphatic carbocycles. The number of benzene rings is 2. The van der Waals surface area contributed by atoms with Gasteiger partial charge in [0.25, 0.3) is 11.8 Å². The van der Waals surface area contributed by atoms with Gasteiger partial charge in [0.2, 0.25) is 5.95 Å². The molecule has 33 heavy (non-hydrogen) atoms. The first-order chi connectivity index (χ1) is 16.0. The Morgan fingerprint density at radius 3 is 2.03 bits per heavy atom. The van der Waals surface area contributed by atoms with Crippen molar-refractivity contribution in [3.8, 4) is 0 Å². The lowest BCUT2D eigenvalue weighted by Crippen LogP contribution is -2.48. The number of amides is 2. The number of hydrogen-bond donors (Lipinski definition) is 0. The fraction of sp³-hybridized carbons (Fsp3) is 0.200. The molecule has 2 aliphatic heterocycles. The average Bonchev–Trinajstić information content (AvgIpc) is 3.11. The molecule has 2 aliphatic rings. The summed E-state index contributed by atoms with van der Waals surface area (Å²) in [4.78, 5) is 40.9. The van der Waals surface area contributed by atoms with E-state index in [-0.39, 0.29) is 5.91 Å². The Hall–Kier alpha value is -4.07. The molecule has 1 saturated heterocycles. The lowest BCUT2D eigenvalue weighted by Gasteiger charge is -2.36. The second-order valence-corrected chi connectivity index (χ2v) is 8.03. The van der Waals surface area contributed by atoms with Gasteiger partial charge in [-0.1, -0.05) is 29.8 Å². The van der Waals surface area contributed by atoms with E-state index in [0.717, 1.165) is 5.56 Å². The quantitative estimate of drug-likeness (QED) is 0.578. The van der Waals surface area contributed by atoms with Gasteiger partial charge in [-0.05, 0) is 42.8 Å². The van der Waals surface area contributed by atoms with Gasteiger partial charge < -0.3 is 9.80 Å². The van der Waals surface area contributed by atoms with Crippen molar-refractivity contribution in [3.05, 3.63) is 89.6 Å². The van der Waals surface area contributed by atoms with Crippen LogP contribution in [0.5, 0.6) is 0 Å². The maximum Gasteiger partial charge on any atom is 0.282 e. The van der Waals surface area contributed by atoms with Crippen LogP contribution < -0.4 is 9.80 Å². The predicted molar refractivity (Wildman–Crippen MR) is 123 cm³/mol. The van der Waals surface area contributed by atoms with E-state index in [9.17, 15) is 14.0 Å². The zero-order valence-corrected chi connectivity index (χ0v) is 18.1. The summed E-state index contributed by atoms with van der Waals surface area (Å²) in [6.45, 7) is 4.21. The highest BCUT2D eigenvalue weighted by Crippen LogP contribution is 2.35. The minimum atomic E-state index is -0.403. The first kappa shape index (κ1) is 20.8. The van der Waals surface area contributed by atoms with Gasteiger partial charge in [-0.15, -0.1) is 0 Å². The highest BCUT2D eigenvalue weighted by Gasteiger charge is 2.43. The summed E-state index contributed by atoms with van der Waals surface area (Å²) in [6.07, 6.45) is 3.39. The van der Waals surface area contributed by atoms with Crippen LogP contribution in [0.4, 0.5) is 16.0 Å². The van der Waals surface area contributed by atoms with E-state index in [1.54, 1.807) is 42.7 Å². The lowest BCUT2D eigenvalue weighted by molar-refractivity contribution is -0.120. The molecule has 0 unspecified atom stereocenters. The molecule has 3 heterocycles. The van der Waals surface area contributed by atoms with Crippen molar-refractivity contribution in [2.24, 2.45) is 0 Å². The Kier molecular flexibility index (Phi) is 5.34. The minimum Gasteiger partial charge on any atom is -0.363 e. The molecule has 1 fully saturated rings. The molecule has 2 aromatic carbocycles. The Morgan fingerprint density at radius 2 is 1.39 bits per heavy atom. The molecule has 0 bridgehead atoms. The Labute approximate surface area is 190 Å². The zero-order chi connectivity index (χ0) is 22.9. The molecule has 0 radical (unpaired) electrons. The molecular formula is C25H22FN5O2. The summed E-state index contributed by atoms with van der Waals surface area (Å²) in [5, 5.41) is 0. The fourth-order valence-corrected chi connectivity index (χ4v) is 4.20. The molecule has 3 aromatic rings. The van der Waals surface area contributed by atoms with Crippen LogP contribution in [0.3, 0.4) is 0 Å². The molecule has 7 nitrogen and oxygen atoms in total. The van der Waals surface area contributed by atoms with Crippen LogP contribution in [0.25, 0.3) is 5.57 Å². The number of rotatable bonds is 4. The number of piperazine rings is 1. The molecule has 0 saturated carbocycles. The predicted octanol–water partition coefficient (Wildman–Crippen LogP) is 3.03. The summed E-state index contributed by atoms with van der Waals surface area (Å²) in [5.74, 6) is -0.531. The highest BCUT2D eigenvalue weighted by molar-refractivity contribution is 6.45. The van der Waals surface area contributed by atoms with E-state index in [4.69, 9.17) is 0 Å². The van der Waals surface area contributed by atoms with Gasteiger partial charge in [0.15, 0.2) is 0 Å².